The topological polar surface area (TPSA) is 71.7 Å². The minimum absolute atomic E-state index is 0.0517. The average molecular weight is 654 g/mol. The number of allylic oxidation sites excluding steroid dienone is 4. The van der Waals surface area contributed by atoms with Crippen molar-refractivity contribution in [2.45, 2.75) is 40.8 Å². The summed E-state index contributed by atoms with van der Waals surface area (Å²) in [7, 11) is 1.65. The van der Waals surface area contributed by atoms with Gasteiger partial charge in [-0.25, -0.2) is 4.99 Å². The molecule has 1 saturated heterocycles. The second-order valence-electron chi connectivity index (χ2n) is 9.61. The van der Waals surface area contributed by atoms with Crippen molar-refractivity contribution in [2.24, 2.45) is 4.99 Å². The zero-order chi connectivity index (χ0) is 33.7. The normalized spacial score (nSPS) is 16.6. The molecular weight excluding hydrogens is 616 g/mol. The molecule has 2 aliphatic heterocycles. The monoisotopic (exact) mass is 653 g/mol. The number of nitriles is 1. The molecule has 238 valence electrons. The number of carbonyl (C=O) groups excluding carboxylic acids is 1. The van der Waals surface area contributed by atoms with E-state index in [0.29, 0.717) is 45.1 Å². The molecule has 2 aromatic carbocycles. The molecule has 0 unspecified atom stereocenters. The number of anilines is 1. The Kier molecular flexibility index (Phi) is 14.3. The highest BCUT2D eigenvalue weighted by molar-refractivity contribution is 8.19. The van der Waals surface area contributed by atoms with Crippen LogP contribution >= 0.6 is 23.5 Å². The molecule has 6 nitrogen and oxygen atoms in total. The maximum atomic E-state index is 13.6. The first-order valence-corrected chi connectivity index (χ1v) is 15.8. The van der Waals surface area contributed by atoms with E-state index in [-0.39, 0.29) is 11.5 Å². The van der Waals surface area contributed by atoms with Crippen molar-refractivity contribution in [1.29, 1.82) is 5.26 Å². The molecule has 0 spiro atoms. The van der Waals surface area contributed by atoms with Crippen molar-refractivity contribution in [3.63, 3.8) is 0 Å². The minimum atomic E-state index is -4.50. The summed E-state index contributed by atoms with van der Waals surface area (Å²) in [6.45, 7) is 17.7. The first-order chi connectivity index (χ1) is 21.4. The van der Waals surface area contributed by atoms with Gasteiger partial charge in [0.1, 0.15) is 4.91 Å². The molecule has 1 N–H and O–H groups in total. The minimum Gasteiger partial charge on any atom is -0.384 e. The average Bonchev–Trinajstić information content (AvgIpc) is 3.55. The Morgan fingerprint density at radius 1 is 1.13 bits per heavy atom. The van der Waals surface area contributed by atoms with E-state index in [9.17, 15) is 23.2 Å². The Morgan fingerprint density at radius 2 is 1.78 bits per heavy atom. The number of hydrogen-bond acceptors (Lipinski definition) is 7. The number of nitrogens with one attached hydrogen (secondary N) is 1. The van der Waals surface area contributed by atoms with E-state index in [1.54, 1.807) is 53.8 Å². The van der Waals surface area contributed by atoms with Crippen LogP contribution in [-0.4, -0.2) is 41.0 Å². The van der Waals surface area contributed by atoms with E-state index in [2.05, 4.69) is 44.5 Å². The Bertz CT molecular complexity index is 1560. The summed E-state index contributed by atoms with van der Waals surface area (Å²) in [5.74, 6) is -0.268. The van der Waals surface area contributed by atoms with Crippen LogP contribution in [0.15, 0.2) is 99.8 Å². The van der Waals surface area contributed by atoms with Gasteiger partial charge in [-0.05, 0) is 70.6 Å². The van der Waals surface area contributed by atoms with Gasteiger partial charge in [0, 0.05) is 31.1 Å². The van der Waals surface area contributed by atoms with Crippen molar-refractivity contribution in [2.75, 3.05) is 25.5 Å². The smallest absolute Gasteiger partial charge is 0.384 e. The van der Waals surface area contributed by atoms with Gasteiger partial charge in [0.2, 0.25) is 0 Å². The Balaban J connectivity index is 0.000000691. The molecule has 2 aliphatic rings. The molecule has 0 atom stereocenters. The van der Waals surface area contributed by atoms with Crippen molar-refractivity contribution in [3.8, 4) is 6.07 Å². The lowest BCUT2D eigenvalue weighted by atomic mass is 10.0. The highest BCUT2D eigenvalue weighted by Crippen LogP contribution is 2.48. The van der Waals surface area contributed by atoms with Gasteiger partial charge in [-0.3, -0.25) is 9.69 Å². The number of likely N-dealkylation sites (N-methyl/N-ethyl adjacent to an activating group) is 1. The third-order valence-corrected chi connectivity index (χ3v) is 8.52. The predicted octanol–water partition coefficient (Wildman–Crippen LogP) is 9.77. The van der Waals surface area contributed by atoms with Crippen molar-refractivity contribution in [1.82, 2.24) is 9.80 Å². The molecule has 0 saturated carbocycles. The summed E-state index contributed by atoms with van der Waals surface area (Å²) in [6, 6.07) is 12.6. The number of alkyl halides is 3. The van der Waals surface area contributed by atoms with E-state index >= 15 is 0 Å². The standard InChI is InChI=1S/C25H22F3N5OS2.C5H10.C4H6/c1-4-30-18-11-10-15(13-29)12-19(18)31-24-33(5-2)22(34)21(36-24)23-32(3)20(14-35-23)16-8-6-7-9-17(16)25(26,27)28;1-4-5(2)3;1-3-4-2/h6-12,14,30H,4-5H2,1-3H3;4H,1-3H3;3-4H,1-2H2/b23-21-,31-24?;;. The third kappa shape index (κ3) is 9.67. The summed E-state index contributed by atoms with van der Waals surface area (Å²) >= 11 is 2.38. The van der Waals surface area contributed by atoms with Crippen LogP contribution in [0.2, 0.25) is 0 Å². The molecule has 45 heavy (non-hydrogen) atoms. The molecule has 0 aromatic heterocycles. The van der Waals surface area contributed by atoms with Crippen LogP contribution in [0, 0.1) is 11.3 Å². The van der Waals surface area contributed by atoms with Crippen LogP contribution < -0.4 is 5.32 Å². The molecule has 0 aliphatic carbocycles. The molecule has 11 heteroatoms. The van der Waals surface area contributed by atoms with Crippen LogP contribution in [0.25, 0.3) is 5.70 Å². The number of thioether (sulfide) groups is 2. The molecular formula is C34H38F3N5OS2. The van der Waals surface area contributed by atoms with Crippen LogP contribution in [0.1, 0.15) is 51.3 Å². The molecule has 1 fully saturated rings. The van der Waals surface area contributed by atoms with E-state index in [0.717, 1.165) is 11.8 Å². The quantitative estimate of drug-likeness (QED) is 0.190. The third-order valence-electron chi connectivity index (χ3n) is 6.28. The number of aliphatic imine (C=N–C) groups is 1. The van der Waals surface area contributed by atoms with Gasteiger partial charge in [0.05, 0.1) is 39.3 Å². The summed E-state index contributed by atoms with van der Waals surface area (Å²) in [6.07, 6.45) is 0.859. The lowest BCUT2D eigenvalue weighted by Crippen LogP contribution is -2.29. The Morgan fingerprint density at radius 3 is 2.31 bits per heavy atom. The Labute approximate surface area is 272 Å². The molecule has 0 radical (unpaired) electrons. The van der Waals surface area contributed by atoms with E-state index in [1.165, 1.54) is 46.1 Å². The number of amidine groups is 1. The van der Waals surface area contributed by atoms with Crippen molar-refractivity contribution in [3.05, 3.63) is 111 Å². The maximum Gasteiger partial charge on any atom is 0.417 e. The lowest BCUT2D eigenvalue weighted by molar-refractivity contribution is -0.137. The first-order valence-electron chi connectivity index (χ1n) is 14.1. The van der Waals surface area contributed by atoms with Gasteiger partial charge in [-0.15, -0.1) is 0 Å². The van der Waals surface area contributed by atoms with Gasteiger partial charge in [0.15, 0.2) is 5.17 Å². The van der Waals surface area contributed by atoms with Crippen LogP contribution in [0.5, 0.6) is 0 Å². The van der Waals surface area contributed by atoms with Gasteiger partial charge in [-0.1, -0.05) is 66.9 Å². The van der Waals surface area contributed by atoms with Crippen LogP contribution in [0.4, 0.5) is 24.5 Å². The number of benzene rings is 2. The fraction of sp³-hybridized carbons (Fsp3) is 0.265. The van der Waals surface area contributed by atoms with Crippen molar-refractivity contribution < 1.29 is 18.0 Å². The SMILES string of the molecule is C=CC=C.CC=C(C)C.CCNc1ccc(C#N)cc1N=C1S/C(=C2\SC=C(c3ccccc3C(F)(F)F)N2C)C(=O)N1CC. The van der Waals surface area contributed by atoms with Gasteiger partial charge in [-0.2, -0.15) is 18.4 Å². The number of carbonyl (C=O) groups is 1. The summed E-state index contributed by atoms with van der Waals surface area (Å²) in [5.41, 5.74) is 2.77. The fourth-order valence-corrected chi connectivity index (χ4v) is 6.12. The van der Waals surface area contributed by atoms with E-state index < -0.39 is 11.7 Å². The van der Waals surface area contributed by atoms with E-state index in [1.807, 2.05) is 20.8 Å². The molecule has 4 rings (SSSR count). The van der Waals surface area contributed by atoms with Crippen LogP contribution in [0.3, 0.4) is 0 Å². The first kappa shape index (κ1) is 37.0. The zero-order valence-corrected chi connectivity index (χ0v) is 28.0. The number of nitrogens with zero attached hydrogens (tertiary/aromatic N) is 4. The highest BCUT2D eigenvalue weighted by atomic mass is 32.2. The highest BCUT2D eigenvalue weighted by Gasteiger charge is 2.40. The Hall–Kier alpha value is -4.14. The van der Waals surface area contributed by atoms with Gasteiger partial charge < -0.3 is 10.2 Å². The predicted molar refractivity (Wildman–Crippen MR) is 185 cm³/mol. The van der Waals surface area contributed by atoms with Crippen LogP contribution in [-0.2, 0) is 11.0 Å². The lowest BCUT2D eigenvalue weighted by Gasteiger charge is -2.21. The molecule has 2 heterocycles. The summed E-state index contributed by atoms with van der Waals surface area (Å²) in [5, 5.41) is 15.1. The van der Waals surface area contributed by atoms with Gasteiger partial charge in [0.25, 0.3) is 5.91 Å². The number of halogens is 3. The largest absolute Gasteiger partial charge is 0.417 e. The fourth-order valence-electron chi connectivity index (χ4n) is 3.82. The number of amides is 1. The number of rotatable bonds is 6. The van der Waals surface area contributed by atoms with E-state index in [4.69, 9.17) is 4.99 Å². The maximum absolute atomic E-state index is 13.6. The summed E-state index contributed by atoms with van der Waals surface area (Å²) < 4.78 is 40.8. The molecule has 2 aromatic rings. The number of hydrogen-bond donors (Lipinski definition) is 1. The zero-order valence-electron chi connectivity index (χ0n) is 26.3. The van der Waals surface area contributed by atoms with Gasteiger partial charge >= 0.3 is 6.18 Å². The summed E-state index contributed by atoms with van der Waals surface area (Å²) in [4.78, 5) is 21.6. The second kappa shape index (κ2) is 17.4. The molecule has 0 bridgehead atoms. The van der Waals surface area contributed by atoms with Crippen molar-refractivity contribution >= 4 is 51.7 Å². The molecule has 1 amide bonds. The second-order valence-corrected chi connectivity index (χ2v) is 11.5.